The summed E-state index contributed by atoms with van der Waals surface area (Å²) in [5.41, 5.74) is 2.82. The summed E-state index contributed by atoms with van der Waals surface area (Å²) in [4.78, 5) is 12.2. The maximum absolute atomic E-state index is 12.2. The molecule has 1 heterocycles. The van der Waals surface area contributed by atoms with Gasteiger partial charge in [-0.15, -0.1) is 5.10 Å². The number of rotatable bonds is 6. The first-order chi connectivity index (χ1) is 12.7. The van der Waals surface area contributed by atoms with Crippen LogP contribution in [-0.4, -0.2) is 27.6 Å². The molecule has 0 aliphatic rings. The molecule has 2 aromatic carbocycles. The van der Waals surface area contributed by atoms with E-state index in [-0.39, 0.29) is 12.3 Å². The van der Waals surface area contributed by atoms with Crippen molar-refractivity contribution in [2.45, 2.75) is 13.5 Å². The fourth-order valence-corrected chi connectivity index (χ4v) is 2.58. The molecule has 26 heavy (non-hydrogen) atoms. The minimum absolute atomic E-state index is 0.202. The molecule has 0 fully saturated rings. The summed E-state index contributed by atoms with van der Waals surface area (Å²) < 4.78 is 6.78. The highest BCUT2D eigenvalue weighted by Crippen LogP contribution is 2.16. The maximum atomic E-state index is 12.2. The highest BCUT2D eigenvalue weighted by Gasteiger charge is 2.19. The van der Waals surface area contributed by atoms with Crippen molar-refractivity contribution in [3.8, 4) is 0 Å². The Balaban J connectivity index is 1.94. The van der Waals surface area contributed by atoms with Gasteiger partial charge in [-0.05, 0) is 36.3 Å². The molecule has 0 saturated heterocycles. The van der Waals surface area contributed by atoms with E-state index in [1.165, 1.54) is 0 Å². The van der Waals surface area contributed by atoms with Crippen LogP contribution in [0, 0.1) is 0 Å². The number of esters is 1. The van der Waals surface area contributed by atoms with Crippen molar-refractivity contribution in [3.63, 3.8) is 0 Å². The van der Waals surface area contributed by atoms with E-state index in [0.29, 0.717) is 17.3 Å². The molecule has 0 atom stereocenters. The Bertz CT molecular complexity index is 903. The standard InChI is InChI=1S/C20H18ClN3O2/c1-2-26-20(25)19-18(13-10-15-8-11-17(21)12-9-15)24(23-22-19)14-16-6-4-3-5-7-16/h3-13H,2,14H2,1H3/b13-10+. The largest absolute Gasteiger partial charge is 0.461 e. The molecule has 132 valence electrons. The Morgan fingerprint density at radius 1 is 1.12 bits per heavy atom. The number of carbonyl (C=O) groups is 1. The number of aromatic nitrogens is 3. The van der Waals surface area contributed by atoms with Gasteiger partial charge in [-0.25, -0.2) is 9.48 Å². The van der Waals surface area contributed by atoms with Gasteiger partial charge in [0.2, 0.25) is 0 Å². The van der Waals surface area contributed by atoms with Crippen LogP contribution in [0.1, 0.15) is 34.2 Å². The summed E-state index contributed by atoms with van der Waals surface area (Å²) in [5, 5.41) is 8.83. The minimum atomic E-state index is -0.484. The van der Waals surface area contributed by atoms with Gasteiger partial charge in [0.15, 0.2) is 5.69 Å². The highest BCUT2D eigenvalue weighted by molar-refractivity contribution is 6.30. The normalized spacial score (nSPS) is 11.0. The van der Waals surface area contributed by atoms with E-state index in [4.69, 9.17) is 16.3 Å². The minimum Gasteiger partial charge on any atom is -0.461 e. The summed E-state index contributed by atoms with van der Waals surface area (Å²) in [6, 6.07) is 17.3. The van der Waals surface area contributed by atoms with E-state index in [2.05, 4.69) is 10.3 Å². The molecule has 6 heteroatoms. The third-order valence-electron chi connectivity index (χ3n) is 3.72. The van der Waals surface area contributed by atoms with Crippen LogP contribution in [0.25, 0.3) is 12.2 Å². The lowest BCUT2D eigenvalue weighted by Gasteiger charge is -2.05. The molecular formula is C20H18ClN3O2. The van der Waals surface area contributed by atoms with Crippen molar-refractivity contribution in [2.24, 2.45) is 0 Å². The first-order valence-corrected chi connectivity index (χ1v) is 8.63. The van der Waals surface area contributed by atoms with Crippen molar-refractivity contribution in [1.82, 2.24) is 15.0 Å². The van der Waals surface area contributed by atoms with Gasteiger partial charge in [0, 0.05) is 5.02 Å². The zero-order valence-electron chi connectivity index (χ0n) is 14.3. The van der Waals surface area contributed by atoms with E-state index >= 15 is 0 Å². The third kappa shape index (κ3) is 4.37. The van der Waals surface area contributed by atoms with E-state index in [1.54, 1.807) is 11.6 Å². The van der Waals surface area contributed by atoms with Gasteiger partial charge in [-0.2, -0.15) is 0 Å². The fourth-order valence-electron chi connectivity index (χ4n) is 2.45. The van der Waals surface area contributed by atoms with E-state index < -0.39 is 5.97 Å². The van der Waals surface area contributed by atoms with Crippen molar-refractivity contribution < 1.29 is 9.53 Å². The number of ether oxygens (including phenoxy) is 1. The second kappa shape index (κ2) is 8.45. The lowest BCUT2D eigenvalue weighted by molar-refractivity contribution is 0.0519. The quantitative estimate of drug-likeness (QED) is 0.608. The molecule has 0 saturated carbocycles. The van der Waals surface area contributed by atoms with Gasteiger partial charge in [0.1, 0.15) is 0 Å². The zero-order chi connectivity index (χ0) is 18.4. The number of hydrogen-bond acceptors (Lipinski definition) is 4. The van der Waals surface area contributed by atoms with Crippen LogP contribution in [-0.2, 0) is 11.3 Å². The smallest absolute Gasteiger partial charge is 0.361 e. The van der Waals surface area contributed by atoms with Crippen LogP contribution in [0.4, 0.5) is 0 Å². The van der Waals surface area contributed by atoms with Crippen LogP contribution in [0.2, 0.25) is 5.02 Å². The molecule has 0 aliphatic carbocycles. The topological polar surface area (TPSA) is 57.0 Å². The Kier molecular flexibility index (Phi) is 5.81. The van der Waals surface area contributed by atoms with Crippen LogP contribution in [0.15, 0.2) is 54.6 Å². The van der Waals surface area contributed by atoms with Crippen LogP contribution < -0.4 is 0 Å². The predicted octanol–water partition coefficient (Wildman–Crippen LogP) is 4.33. The first-order valence-electron chi connectivity index (χ1n) is 8.25. The molecule has 0 unspecified atom stereocenters. The number of carbonyl (C=O) groups excluding carboxylic acids is 1. The number of nitrogens with zero attached hydrogens (tertiary/aromatic N) is 3. The maximum Gasteiger partial charge on any atom is 0.361 e. The van der Waals surface area contributed by atoms with E-state index in [9.17, 15) is 4.79 Å². The van der Waals surface area contributed by atoms with Gasteiger partial charge in [-0.3, -0.25) is 0 Å². The van der Waals surface area contributed by atoms with Crippen LogP contribution in [0.3, 0.4) is 0 Å². The molecule has 1 aromatic heterocycles. The third-order valence-corrected chi connectivity index (χ3v) is 3.97. The predicted molar refractivity (Wildman–Crippen MR) is 102 cm³/mol. The highest BCUT2D eigenvalue weighted by atomic mass is 35.5. The van der Waals surface area contributed by atoms with Crippen LogP contribution >= 0.6 is 11.6 Å². The summed E-state index contributed by atoms with van der Waals surface area (Å²) in [6.45, 7) is 2.55. The second-order valence-corrected chi connectivity index (χ2v) is 6.01. The number of halogens is 1. The van der Waals surface area contributed by atoms with Gasteiger partial charge >= 0.3 is 5.97 Å². The molecule has 0 radical (unpaired) electrons. The lowest BCUT2D eigenvalue weighted by Crippen LogP contribution is -2.09. The average molecular weight is 368 g/mol. The Morgan fingerprint density at radius 3 is 2.54 bits per heavy atom. The molecule has 5 nitrogen and oxygen atoms in total. The Hall–Kier alpha value is -2.92. The van der Waals surface area contributed by atoms with Crippen molar-refractivity contribution in [1.29, 1.82) is 0 Å². The van der Waals surface area contributed by atoms with E-state index in [0.717, 1.165) is 11.1 Å². The first kappa shape index (κ1) is 17.9. The molecule has 3 rings (SSSR count). The van der Waals surface area contributed by atoms with Crippen molar-refractivity contribution in [3.05, 3.63) is 82.1 Å². The zero-order valence-corrected chi connectivity index (χ0v) is 15.1. The summed E-state index contributed by atoms with van der Waals surface area (Å²) >= 11 is 5.92. The Labute approximate surface area is 156 Å². The number of benzene rings is 2. The molecule has 3 aromatic rings. The molecule has 0 aliphatic heterocycles. The fraction of sp³-hybridized carbons (Fsp3) is 0.150. The molecular weight excluding hydrogens is 350 g/mol. The van der Waals surface area contributed by atoms with Gasteiger partial charge in [-0.1, -0.05) is 65.4 Å². The Morgan fingerprint density at radius 2 is 1.85 bits per heavy atom. The summed E-state index contributed by atoms with van der Waals surface area (Å²) in [7, 11) is 0. The lowest BCUT2D eigenvalue weighted by atomic mass is 10.2. The van der Waals surface area contributed by atoms with E-state index in [1.807, 2.05) is 66.7 Å². The number of hydrogen-bond donors (Lipinski definition) is 0. The SMILES string of the molecule is CCOC(=O)c1nnn(Cc2ccccc2)c1/C=C/c1ccc(Cl)cc1. The molecule has 0 amide bonds. The van der Waals surface area contributed by atoms with Crippen molar-refractivity contribution in [2.75, 3.05) is 6.61 Å². The van der Waals surface area contributed by atoms with Gasteiger partial charge in [0.25, 0.3) is 0 Å². The van der Waals surface area contributed by atoms with Crippen molar-refractivity contribution >= 4 is 29.7 Å². The van der Waals surface area contributed by atoms with Gasteiger partial charge in [0.05, 0.1) is 18.8 Å². The average Bonchev–Trinajstić information content (AvgIpc) is 3.05. The molecule has 0 bridgehead atoms. The second-order valence-electron chi connectivity index (χ2n) is 5.57. The molecule has 0 N–H and O–H groups in total. The summed E-state index contributed by atoms with van der Waals surface area (Å²) in [5.74, 6) is -0.484. The van der Waals surface area contributed by atoms with Crippen LogP contribution in [0.5, 0.6) is 0 Å². The summed E-state index contributed by atoms with van der Waals surface area (Å²) in [6.07, 6.45) is 3.71. The molecule has 0 spiro atoms. The monoisotopic (exact) mass is 367 g/mol. The van der Waals surface area contributed by atoms with Gasteiger partial charge < -0.3 is 4.74 Å².